The van der Waals surface area contributed by atoms with Gasteiger partial charge in [0.25, 0.3) is 0 Å². The summed E-state index contributed by atoms with van der Waals surface area (Å²) in [6, 6.07) is 0.876. The van der Waals surface area contributed by atoms with E-state index >= 15 is 0 Å². The molecule has 0 unspecified atom stereocenters. The number of piperidine rings is 1. The van der Waals surface area contributed by atoms with E-state index in [-0.39, 0.29) is 24.2 Å². The molecule has 0 aromatic carbocycles. The Balaban J connectivity index is 1.95. The number of rotatable bonds is 5. The van der Waals surface area contributed by atoms with Crippen molar-refractivity contribution in [1.82, 2.24) is 10.2 Å². The molecule has 0 aromatic heterocycles. The number of carbonyl (C=O) groups is 2. The molecule has 2 rings (SSSR count). The second-order valence-electron chi connectivity index (χ2n) is 9.15. The minimum absolute atomic E-state index is 0.0492. The van der Waals surface area contributed by atoms with Gasteiger partial charge >= 0.3 is 12.2 Å². The van der Waals surface area contributed by atoms with Gasteiger partial charge in [0.05, 0.1) is 12.6 Å². The van der Waals surface area contributed by atoms with Crippen LogP contribution in [0, 0.1) is 5.92 Å². The van der Waals surface area contributed by atoms with Crippen molar-refractivity contribution in [3.63, 3.8) is 0 Å². The predicted octanol–water partition coefficient (Wildman–Crippen LogP) is 2.69. The summed E-state index contributed by atoms with van der Waals surface area (Å²) in [6.45, 7) is 14.5. The molecule has 3 atom stereocenters. The lowest BCUT2D eigenvalue weighted by Gasteiger charge is -2.39. The molecule has 0 aliphatic carbocycles. The molecule has 0 bridgehead atoms. The summed E-state index contributed by atoms with van der Waals surface area (Å²) < 4.78 is 16.7. The quantitative estimate of drug-likeness (QED) is 0.593. The van der Waals surface area contributed by atoms with E-state index in [0.29, 0.717) is 26.3 Å². The van der Waals surface area contributed by atoms with E-state index in [9.17, 15) is 9.59 Å². The Morgan fingerprint density at radius 2 is 2.00 bits per heavy atom. The maximum Gasteiger partial charge on any atom is 0.410 e. The summed E-state index contributed by atoms with van der Waals surface area (Å²) in [5, 5.41) is 2.79. The fourth-order valence-electron chi connectivity index (χ4n) is 2.98. The second kappa shape index (κ2) is 7.53. The van der Waals surface area contributed by atoms with E-state index in [4.69, 9.17) is 14.2 Å². The van der Waals surface area contributed by atoms with Crippen LogP contribution in [-0.4, -0.2) is 69.2 Å². The highest BCUT2D eigenvalue weighted by Gasteiger charge is 2.46. The lowest BCUT2D eigenvalue weighted by molar-refractivity contribution is -0.0282. The number of nitrogens with zero attached hydrogens (tertiary/aromatic N) is 1. The first-order valence-corrected chi connectivity index (χ1v) is 12.7. The number of hydrogen-bond acceptors (Lipinski definition) is 5. The molecule has 1 N–H and O–H groups in total. The Hall–Kier alpha value is -1.28. The highest BCUT2D eigenvalue weighted by Crippen LogP contribution is 2.27. The van der Waals surface area contributed by atoms with Crippen LogP contribution >= 0.6 is 0 Å². The number of ether oxygens (including phenoxy) is 3. The van der Waals surface area contributed by atoms with Crippen LogP contribution in [0.1, 0.15) is 20.8 Å². The number of carbonyl (C=O) groups excluding carboxylic acids is 2. The van der Waals surface area contributed by atoms with Crippen LogP contribution < -0.4 is 5.32 Å². The van der Waals surface area contributed by atoms with Crippen molar-refractivity contribution in [2.24, 2.45) is 5.92 Å². The highest BCUT2D eigenvalue weighted by molar-refractivity contribution is 6.76. The van der Waals surface area contributed by atoms with Gasteiger partial charge in [-0.15, -0.1) is 0 Å². The average Bonchev–Trinajstić information content (AvgIpc) is 2.80. The van der Waals surface area contributed by atoms with Gasteiger partial charge in [0.15, 0.2) is 0 Å². The summed E-state index contributed by atoms with van der Waals surface area (Å²) in [5.74, 6) is -0.0492. The van der Waals surface area contributed by atoms with Gasteiger partial charge in [-0.1, -0.05) is 19.6 Å². The Labute approximate surface area is 151 Å². The van der Waals surface area contributed by atoms with Gasteiger partial charge in [0.1, 0.15) is 11.7 Å². The summed E-state index contributed by atoms with van der Waals surface area (Å²) in [6.07, 6.45) is -1.04. The summed E-state index contributed by atoms with van der Waals surface area (Å²) in [7, 11) is -1.15. The van der Waals surface area contributed by atoms with E-state index in [1.165, 1.54) is 0 Å². The Bertz CT molecular complexity index is 500. The largest absolute Gasteiger partial charge is 0.444 e. The first-order valence-electron chi connectivity index (χ1n) is 8.97. The van der Waals surface area contributed by atoms with Crippen molar-refractivity contribution in [2.75, 3.05) is 26.3 Å². The monoisotopic (exact) mass is 372 g/mol. The Morgan fingerprint density at radius 1 is 1.32 bits per heavy atom. The third kappa shape index (κ3) is 6.18. The van der Waals surface area contributed by atoms with Crippen molar-refractivity contribution < 1.29 is 23.8 Å². The van der Waals surface area contributed by atoms with Gasteiger partial charge in [-0.05, 0) is 26.8 Å². The van der Waals surface area contributed by atoms with Crippen molar-refractivity contribution in [1.29, 1.82) is 0 Å². The Morgan fingerprint density at radius 3 is 2.60 bits per heavy atom. The number of fused-ring (bicyclic) bond motifs is 1. The first kappa shape index (κ1) is 20.0. The van der Waals surface area contributed by atoms with Crippen LogP contribution in [0.25, 0.3) is 0 Å². The summed E-state index contributed by atoms with van der Waals surface area (Å²) >= 11 is 0. The van der Waals surface area contributed by atoms with E-state index < -0.39 is 19.8 Å². The molecule has 2 fully saturated rings. The van der Waals surface area contributed by atoms with Crippen LogP contribution in [0.3, 0.4) is 0 Å². The number of alkyl carbamates (subject to hydrolysis) is 1. The minimum atomic E-state index is -1.15. The molecule has 25 heavy (non-hydrogen) atoms. The first-order chi connectivity index (χ1) is 11.4. The number of likely N-dealkylation sites (tertiary alicyclic amines) is 1. The van der Waals surface area contributed by atoms with Crippen molar-refractivity contribution in [3.05, 3.63) is 0 Å². The molecular formula is C17H32N2O5Si. The molecule has 144 valence electrons. The van der Waals surface area contributed by atoms with E-state index in [1.54, 1.807) is 4.90 Å². The van der Waals surface area contributed by atoms with Crippen molar-refractivity contribution in [2.45, 2.75) is 64.2 Å². The zero-order chi connectivity index (χ0) is 18.8. The van der Waals surface area contributed by atoms with Crippen LogP contribution in [-0.2, 0) is 14.2 Å². The number of hydrogen-bond donors (Lipinski definition) is 1. The fourth-order valence-corrected chi connectivity index (χ4v) is 3.74. The van der Waals surface area contributed by atoms with Crippen LogP contribution in [0.15, 0.2) is 0 Å². The van der Waals surface area contributed by atoms with Crippen LogP contribution in [0.5, 0.6) is 0 Å². The molecular weight excluding hydrogens is 340 g/mol. The zero-order valence-corrected chi connectivity index (χ0v) is 17.3. The molecule has 0 aromatic rings. The van der Waals surface area contributed by atoms with Crippen molar-refractivity contribution >= 4 is 20.3 Å². The number of nitrogens with one attached hydrogen (secondary N) is 1. The fraction of sp³-hybridized carbons (Fsp3) is 0.882. The van der Waals surface area contributed by atoms with Crippen molar-refractivity contribution in [3.8, 4) is 0 Å². The van der Waals surface area contributed by atoms with Gasteiger partial charge in [-0.2, -0.15) is 0 Å². The maximum absolute atomic E-state index is 12.4. The highest BCUT2D eigenvalue weighted by atomic mass is 28.3. The lowest BCUT2D eigenvalue weighted by atomic mass is 9.92. The molecule has 2 aliphatic heterocycles. The Kier molecular flexibility index (Phi) is 6.04. The van der Waals surface area contributed by atoms with E-state index in [2.05, 4.69) is 25.0 Å². The molecule has 0 saturated carbocycles. The SMILES string of the molecule is CC(C)(C)OC(=O)N1C[C@H](COCC[Si](C)(C)C)[C@@H]2OC(=O)N[C@@H]2C1. The molecule has 2 heterocycles. The van der Waals surface area contributed by atoms with Gasteiger partial charge in [0, 0.05) is 33.7 Å². The molecule has 8 heteroatoms. The average molecular weight is 373 g/mol. The zero-order valence-electron chi connectivity index (χ0n) is 16.3. The van der Waals surface area contributed by atoms with Gasteiger partial charge in [-0.25, -0.2) is 9.59 Å². The van der Waals surface area contributed by atoms with E-state index in [1.807, 2.05) is 20.8 Å². The third-order valence-corrected chi connectivity index (χ3v) is 5.96. The van der Waals surface area contributed by atoms with Gasteiger partial charge in [0.2, 0.25) is 0 Å². The number of amides is 2. The third-order valence-electron chi connectivity index (χ3n) is 4.26. The lowest BCUT2D eigenvalue weighted by Crippen LogP contribution is -2.57. The molecule has 0 radical (unpaired) electrons. The van der Waals surface area contributed by atoms with Crippen LogP contribution in [0.2, 0.25) is 25.7 Å². The molecule has 7 nitrogen and oxygen atoms in total. The molecule has 2 aliphatic rings. The molecule has 2 saturated heterocycles. The second-order valence-corrected chi connectivity index (χ2v) is 14.8. The molecule has 0 spiro atoms. The maximum atomic E-state index is 12.4. The predicted molar refractivity (Wildman–Crippen MR) is 97.5 cm³/mol. The smallest absolute Gasteiger partial charge is 0.410 e. The van der Waals surface area contributed by atoms with Crippen LogP contribution in [0.4, 0.5) is 9.59 Å². The van der Waals surface area contributed by atoms with Gasteiger partial charge in [-0.3, -0.25) is 0 Å². The normalized spacial score (nSPS) is 26.7. The minimum Gasteiger partial charge on any atom is -0.444 e. The topological polar surface area (TPSA) is 77.1 Å². The summed E-state index contributed by atoms with van der Waals surface area (Å²) in [4.78, 5) is 25.7. The van der Waals surface area contributed by atoms with Gasteiger partial charge < -0.3 is 24.4 Å². The summed E-state index contributed by atoms with van der Waals surface area (Å²) in [5.41, 5.74) is -0.549. The standard InChI is InChI=1S/C17H32N2O5Si/c1-17(2,3)24-16(21)19-9-12(11-22-7-8-25(4,5)6)14-13(10-19)18-15(20)23-14/h12-14H,7-11H2,1-6H3,(H,18,20)/t12-,13-,14+/m1/s1. The van der Waals surface area contributed by atoms with E-state index in [0.717, 1.165) is 6.04 Å². The molecule has 2 amide bonds.